The number of carbonyl (C=O) groups is 1. The fraction of sp³-hybridized carbons (Fsp3) is 0.417. The molecule has 1 N–H and O–H groups in total. The van der Waals surface area contributed by atoms with Crippen LogP contribution in [0.15, 0.2) is 47.4 Å². The fourth-order valence-electron chi connectivity index (χ4n) is 3.83. The van der Waals surface area contributed by atoms with Crippen molar-refractivity contribution >= 4 is 27.3 Å². The summed E-state index contributed by atoms with van der Waals surface area (Å²) < 4.78 is 33.4. The summed E-state index contributed by atoms with van der Waals surface area (Å²) in [6.45, 7) is 6.20. The molecule has 0 spiro atoms. The molecule has 1 fully saturated rings. The van der Waals surface area contributed by atoms with Crippen molar-refractivity contribution in [2.45, 2.75) is 38.0 Å². The maximum absolute atomic E-state index is 13.2. The second-order valence-corrected chi connectivity index (χ2v) is 9.73. The van der Waals surface area contributed by atoms with Crippen LogP contribution in [-0.4, -0.2) is 51.4 Å². The molecule has 0 aliphatic carbocycles. The lowest BCUT2D eigenvalue weighted by Crippen LogP contribution is -2.35. The largest absolute Gasteiger partial charge is 0.484 e. The van der Waals surface area contributed by atoms with Crippen molar-refractivity contribution in [3.63, 3.8) is 0 Å². The highest BCUT2D eigenvalue weighted by atomic mass is 32.2. The summed E-state index contributed by atoms with van der Waals surface area (Å²) in [5, 5.41) is 11.7. The lowest BCUT2D eigenvalue weighted by atomic mass is 10.2. The van der Waals surface area contributed by atoms with E-state index >= 15 is 0 Å². The highest BCUT2D eigenvalue weighted by Gasteiger charge is 2.27. The molecule has 0 atom stereocenters. The van der Waals surface area contributed by atoms with Crippen molar-refractivity contribution < 1.29 is 17.9 Å². The van der Waals surface area contributed by atoms with Crippen molar-refractivity contribution in [3.8, 4) is 11.8 Å². The second-order valence-electron chi connectivity index (χ2n) is 7.79. The van der Waals surface area contributed by atoms with Gasteiger partial charge in [-0.1, -0.05) is 6.42 Å². The highest BCUT2D eigenvalue weighted by molar-refractivity contribution is 7.89. The predicted octanol–water partition coefficient (Wildman–Crippen LogP) is 3.60. The quantitative estimate of drug-likeness (QED) is 0.601. The molecule has 0 bridgehead atoms. The Balaban J connectivity index is 1.81. The molecule has 3 rings (SSSR count). The van der Waals surface area contributed by atoms with Gasteiger partial charge in [-0.15, -0.1) is 0 Å². The first-order chi connectivity index (χ1) is 15.9. The number of hydrogen-bond donors (Lipinski definition) is 1. The second kappa shape index (κ2) is 11.2. The number of carbonyl (C=O) groups excluding carboxylic acids is 1. The lowest BCUT2D eigenvalue weighted by Gasteiger charge is -2.28. The summed E-state index contributed by atoms with van der Waals surface area (Å²) in [5.41, 5.74) is 1.69. The topological polar surface area (TPSA) is 103 Å². The van der Waals surface area contributed by atoms with Crippen LogP contribution in [-0.2, 0) is 14.8 Å². The van der Waals surface area contributed by atoms with E-state index < -0.39 is 15.9 Å². The van der Waals surface area contributed by atoms with Crippen LogP contribution in [0.2, 0.25) is 0 Å². The molecule has 0 saturated carbocycles. The van der Waals surface area contributed by atoms with Crippen LogP contribution < -0.4 is 15.0 Å². The molecular weight excluding hydrogens is 440 g/mol. The van der Waals surface area contributed by atoms with Crippen molar-refractivity contribution in [3.05, 3.63) is 48.0 Å². The van der Waals surface area contributed by atoms with Crippen molar-refractivity contribution in [1.29, 1.82) is 5.26 Å². The Morgan fingerprint density at radius 1 is 1.09 bits per heavy atom. The molecule has 1 amide bonds. The predicted molar refractivity (Wildman–Crippen MR) is 128 cm³/mol. The molecule has 0 aromatic heterocycles. The third kappa shape index (κ3) is 6.03. The first kappa shape index (κ1) is 24.6. The molecule has 2 aromatic rings. The van der Waals surface area contributed by atoms with E-state index in [1.54, 1.807) is 36.4 Å². The van der Waals surface area contributed by atoms with Crippen LogP contribution in [0.1, 0.15) is 38.7 Å². The third-order valence-electron chi connectivity index (χ3n) is 5.65. The number of nitrogens with zero attached hydrogens (tertiary/aromatic N) is 3. The van der Waals surface area contributed by atoms with E-state index in [2.05, 4.69) is 5.32 Å². The van der Waals surface area contributed by atoms with Crippen LogP contribution in [0.25, 0.3) is 0 Å². The summed E-state index contributed by atoms with van der Waals surface area (Å²) in [6.07, 6.45) is 2.74. The zero-order chi connectivity index (χ0) is 23.8. The standard InChI is InChI=1S/C24H30N4O4S/c1-3-27(4-2)23-13-12-21(33(30,31)28-14-6-5-7-15-28)16-22(23)26-24(29)18-32-20-10-8-19(17-25)9-11-20/h8-13,16H,3-7,14-15,18H2,1-2H3,(H,26,29). The van der Waals surface area contributed by atoms with Gasteiger partial charge in [0.05, 0.1) is 27.9 Å². The summed E-state index contributed by atoms with van der Waals surface area (Å²) in [7, 11) is -3.63. The van der Waals surface area contributed by atoms with Crippen molar-refractivity contribution in [2.75, 3.05) is 43.0 Å². The molecule has 8 nitrogen and oxygen atoms in total. The lowest BCUT2D eigenvalue weighted by molar-refractivity contribution is -0.118. The minimum Gasteiger partial charge on any atom is -0.484 e. The normalized spacial score (nSPS) is 14.3. The van der Waals surface area contributed by atoms with Gasteiger partial charge >= 0.3 is 0 Å². The smallest absolute Gasteiger partial charge is 0.262 e. The number of sulfonamides is 1. The molecular formula is C24H30N4O4S. The monoisotopic (exact) mass is 470 g/mol. The molecule has 1 aliphatic rings. The number of nitrogens with one attached hydrogen (secondary N) is 1. The first-order valence-electron chi connectivity index (χ1n) is 11.2. The molecule has 0 unspecified atom stereocenters. The molecule has 2 aromatic carbocycles. The zero-order valence-electron chi connectivity index (χ0n) is 19.1. The zero-order valence-corrected chi connectivity index (χ0v) is 19.9. The number of hydrogen-bond acceptors (Lipinski definition) is 6. The number of rotatable bonds is 9. The number of nitriles is 1. The van der Waals surface area contributed by atoms with Gasteiger partial charge in [0.25, 0.3) is 5.91 Å². The summed E-state index contributed by atoms with van der Waals surface area (Å²) in [5.74, 6) is 0.0647. The van der Waals surface area contributed by atoms with Crippen molar-refractivity contribution in [2.24, 2.45) is 0 Å². The number of benzene rings is 2. The van der Waals surface area contributed by atoms with Gasteiger partial charge in [-0.2, -0.15) is 9.57 Å². The molecule has 33 heavy (non-hydrogen) atoms. The number of anilines is 2. The average Bonchev–Trinajstić information content (AvgIpc) is 2.85. The molecule has 1 aliphatic heterocycles. The summed E-state index contributed by atoms with van der Waals surface area (Å²) in [6, 6.07) is 13.4. The van der Waals surface area contributed by atoms with Gasteiger partial charge in [-0.25, -0.2) is 8.42 Å². The van der Waals surface area contributed by atoms with Crippen molar-refractivity contribution in [1.82, 2.24) is 4.31 Å². The summed E-state index contributed by atoms with van der Waals surface area (Å²) in [4.78, 5) is 14.9. The fourth-order valence-corrected chi connectivity index (χ4v) is 5.37. The Morgan fingerprint density at radius 3 is 2.36 bits per heavy atom. The minimum atomic E-state index is -3.63. The van der Waals surface area contributed by atoms with Gasteiger partial charge in [0, 0.05) is 26.2 Å². The minimum absolute atomic E-state index is 0.170. The van der Waals surface area contributed by atoms with E-state index in [1.165, 1.54) is 10.4 Å². The first-order valence-corrected chi connectivity index (χ1v) is 12.6. The maximum Gasteiger partial charge on any atom is 0.262 e. The Labute approximate surface area is 195 Å². The number of amides is 1. The van der Waals surface area contributed by atoms with Crippen LogP contribution in [0, 0.1) is 11.3 Å². The summed E-state index contributed by atoms with van der Waals surface area (Å²) >= 11 is 0. The van der Waals surface area contributed by atoms with E-state index in [0.29, 0.717) is 43.2 Å². The van der Waals surface area contributed by atoms with E-state index in [4.69, 9.17) is 10.00 Å². The van der Waals surface area contributed by atoms with Gasteiger partial charge in [0.2, 0.25) is 10.0 Å². The van der Waals surface area contributed by atoms with E-state index in [9.17, 15) is 13.2 Å². The molecule has 0 radical (unpaired) electrons. The third-order valence-corrected chi connectivity index (χ3v) is 7.55. The van der Waals surface area contributed by atoms with Gasteiger partial charge in [0.1, 0.15) is 5.75 Å². The van der Waals surface area contributed by atoms with E-state index in [1.807, 2.05) is 24.8 Å². The number of ether oxygens (including phenoxy) is 1. The van der Waals surface area contributed by atoms with Crippen LogP contribution in [0.5, 0.6) is 5.75 Å². The molecule has 1 saturated heterocycles. The highest BCUT2D eigenvalue weighted by Crippen LogP contribution is 2.31. The van der Waals surface area contributed by atoms with Crippen LogP contribution in [0.4, 0.5) is 11.4 Å². The number of piperidine rings is 1. The Kier molecular flexibility index (Phi) is 8.31. The molecule has 9 heteroatoms. The molecule has 176 valence electrons. The van der Waals surface area contributed by atoms with E-state index in [-0.39, 0.29) is 11.5 Å². The van der Waals surface area contributed by atoms with Crippen LogP contribution in [0.3, 0.4) is 0 Å². The Morgan fingerprint density at radius 2 is 1.76 bits per heavy atom. The molecule has 1 heterocycles. The van der Waals surface area contributed by atoms with Gasteiger partial charge < -0.3 is 15.0 Å². The van der Waals surface area contributed by atoms with Gasteiger partial charge in [0.15, 0.2) is 6.61 Å². The Bertz CT molecular complexity index is 1100. The van der Waals surface area contributed by atoms with Crippen LogP contribution >= 0.6 is 0 Å². The Hall–Kier alpha value is -3.09. The average molecular weight is 471 g/mol. The maximum atomic E-state index is 13.2. The van der Waals surface area contributed by atoms with Gasteiger partial charge in [-0.3, -0.25) is 4.79 Å². The van der Waals surface area contributed by atoms with Gasteiger partial charge in [-0.05, 0) is 69.2 Å². The SMILES string of the molecule is CCN(CC)c1ccc(S(=O)(=O)N2CCCCC2)cc1NC(=O)COc1ccc(C#N)cc1. The van der Waals surface area contributed by atoms with E-state index in [0.717, 1.165) is 24.9 Å².